The average Bonchev–Trinajstić information content (AvgIpc) is 2.43. The molecule has 23 heavy (non-hydrogen) atoms. The molecule has 0 saturated carbocycles. The summed E-state index contributed by atoms with van der Waals surface area (Å²) in [5.41, 5.74) is 2.33. The molecule has 1 rings (SSSR count). The first-order valence-electron chi connectivity index (χ1n) is 7.96. The minimum absolute atomic E-state index is 0.0887. The SMILES string of the molecule is CCNC(=NCc1cccc(C)c1)NCCS(=O)(=O)C(C)(C)C. The zero-order valence-electron chi connectivity index (χ0n) is 14.8. The van der Waals surface area contributed by atoms with E-state index in [1.165, 1.54) is 5.56 Å². The largest absolute Gasteiger partial charge is 0.357 e. The van der Waals surface area contributed by atoms with Gasteiger partial charge in [0.05, 0.1) is 17.0 Å². The Balaban J connectivity index is 2.63. The standard InChI is InChI=1S/C17H29N3O2S/c1-6-18-16(19-10-11-23(21,22)17(3,4)5)20-13-15-9-7-8-14(2)12-15/h7-9,12H,6,10-11,13H2,1-5H3,(H2,18,19,20). The highest BCUT2D eigenvalue weighted by Gasteiger charge is 2.28. The van der Waals surface area contributed by atoms with Crippen molar-refractivity contribution in [3.63, 3.8) is 0 Å². The van der Waals surface area contributed by atoms with Gasteiger partial charge in [-0.15, -0.1) is 0 Å². The molecule has 0 atom stereocenters. The number of hydrogen-bond acceptors (Lipinski definition) is 3. The highest BCUT2D eigenvalue weighted by Crippen LogP contribution is 2.15. The predicted molar refractivity (Wildman–Crippen MR) is 97.5 cm³/mol. The summed E-state index contributed by atoms with van der Waals surface area (Å²) in [6.45, 7) is 10.8. The summed E-state index contributed by atoms with van der Waals surface area (Å²) in [6.07, 6.45) is 0. The third-order valence-corrected chi connectivity index (χ3v) is 6.05. The van der Waals surface area contributed by atoms with Gasteiger partial charge < -0.3 is 10.6 Å². The van der Waals surface area contributed by atoms with Gasteiger partial charge in [-0.3, -0.25) is 0 Å². The van der Waals surface area contributed by atoms with Crippen molar-refractivity contribution in [2.45, 2.75) is 45.9 Å². The fourth-order valence-corrected chi connectivity index (χ4v) is 2.92. The van der Waals surface area contributed by atoms with Crippen LogP contribution in [-0.4, -0.2) is 38.0 Å². The fraction of sp³-hybridized carbons (Fsp3) is 0.588. The molecule has 0 spiro atoms. The second-order valence-electron chi connectivity index (χ2n) is 6.54. The van der Waals surface area contributed by atoms with Gasteiger partial charge in [-0.25, -0.2) is 13.4 Å². The number of nitrogens with zero attached hydrogens (tertiary/aromatic N) is 1. The molecule has 0 aliphatic carbocycles. The summed E-state index contributed by atoms with van der Waals surface area (Å²) in [5.74, 6) is 0.726. The van der Waals surface area contributed by atoms with Gasteiger partial charge in [-0.2, -0.15) is 0 Å². The van der Waals surface area contributed by atoms with E-state index in [1.54, 1.807) is 20.8 Å². The summed E-state index contributed by atoms with van der Waals surface area (Å²) < 4.78 is 23.5. The molecule has 2 N–H and O–H groups in total. The highest BCUT2D eigenvalue weighted by atomic mass is 32.2. The molecule has 0 aliphatic rings. The summed E-state index contributed by atoms with van der Waals surface area (Å²) in [6, 6.07) is 8.19. The summed E-state index contributed by atoms with van der Waals surface area (Å²) in [7, 11) is -3.13. The molecular formula is C17H29N3O2S. The normalized spacial score (nSPS) is 13.0. The van der Waals surface area contributed by atoms with E-state index in [9.17, 15) is 8.42 Å². The molecule has 130 valence electrons. The predicted octanol–water partition coefficient (Wildman–Crippen LogP) is 2.26. The van der Waals surface area contributed by atoms with E-state index in [4.69, 9.17) is 0 Å². The molecule has 0 amide bonds. The fourth-order valence-electron chi connectivity index (χ4n) is 1.93. The van der Waals surface area contributed by atoms with Crippen LogP contribution < -0.4 is 10.6 Å². The number of aliphatic imine (C=N–C) groups is 1. The van der Waals surface area contributed by atoms with Crippen LogP contribution >= 0.6 is 0 Å². The highest BCUT2D eigenvalue weighted by molar-refractivity contribution is 7.92. The molecule has 0 fully saturated rings. The maximum absolute atomic E-state index is 12.1. The number of benzene rings is 1. The second-order valence-corrected chi connectivity index (χ2v) is 9.40. The van der Waals surface area contributed by atoms with Gasteiger partial charge in [0.1, 0.15) is 0 Å². The molecule has 1 aromatic rings. The number of sulfone groups is 1. The molecule has 1 aromatic carbocycles. The van der Waals surface area contributed by atoms with Crippen molar-refractivity contribution in [3.05, 3.63) is 35.4 Å². The molecule has 0 heterocycles. The van der Waals surface area contributed by atoms with E-state index >= 15 is 0 Å². The van der Waals surface area contributed by atoms with Crippen LogP contribution in [0.15, 0.2) is 29.3 Å². The van der Waals surface area contributed by atoms with Crippen LogP contribution in [0, 0.1) is 6.92 Å². The van der Waals surface area contributed by atoms with Crippen LogP contribution in [0.1, 0.15) is 38.8 Å². The minimum Gasteiger partial charge on any atom is -0.357 e. The van der Waals surface area contributed by atoms with Crippen molar-refractivity contribution >= 4 is 15.8 Å². The quantitative estimate of drug-likeness (QED) is 0.616. The second kappa shape index (κ2) is 8.34. The van der Waals surface area contributed by atoms with E-state index < -0.39 is 14.6 Å². The molecule has 0 radical (unpaired) electrons. The molecular weight excluding hydrogens is 310 g/mol. The maximum Gasteiger partial charge on any atom is 0.191 e. The molecule has 0 saturated heterocycles. The number of aryl methyl sites for hydroxylation is 1. The van der Waals surface area contributed by atoms with E-state index in [0.717, 1.165) is 12.1 Å². The van der Waals surface area contributed by atoms with Crippen molar-refractivity contribution in [2.75, 3.05) is 18.8 Å². The summed E-state index contributed by atoms with van der Waals surface area (Å²) >= 11 is 0. The molecule has 0 bridgehead atoms. The van der Waals surface area contributed by atoms with Gasteiger partial charge in [-0.05, 0) is 40.2 Å². The lowest BCUT2D eigenvalue weighted by molar-refractivity contribution is 0.559. The van der Waals surface area contributed by atoms with Crippen molar-refractivity contribution < 1.29 is 8.42 Å². The van der Waals surface area contributed by atoms with Crippen LogP contribution in [0.25, 0.3) is 0 Å². The van der Waals surface area contributed by atoms with Crippen LogP contribution in [0.2, 0.25) is 0 Å². The van der Waals surface area contributed by atoms with Crippen molar-refractivity contribution in [1.29, 1.82) is 0 Å². The molecule has 0 aromatic heterocycles. The average molecular weight is 340 g/mol. The maximum atomic E-state index is 12.1. The van der Waals surface area contributed by atoms with Gasteiger partial charge in [-0.1, -0.05) is 29.8 Å². The first-order valence-corrected chi connectivity index (χ1v) is 9.61. The summed E-state index contributed by atoms with van der Waals surface area (Å²) in [4.78, 5) is 4.51. The zero-order chi connectivity index (χ0) is 17.5. The van der Waals surface area contributed by atoms with Crippen molar-refractivity contribution in [3.8, 4) is 0 Å². The Morgan fingerprint density at radius 3 is 2.48 bits per heavy atom. The van der Waals surface area contributed by atoms with Gasteiger partial charge in [0.2, 0.25) is 0 Å². The van der Waals surface area contributed by atoms with Crippen molar-refractivity contribution in [2.24, 2.45) is 4.99 Å². The van der Waals surface area contributed by atoms with E-state index in [-0.39, 0.29) is 5.75 Å². The Bertz CT molecular complexity index is 631. The van der Waals surface area contributed by atoms with Crippen LogP contribution in [0.5, 0.6) is 0 Å². The Hall–Kier alpha value is -1.56. The molecule has 0 unspecified atom stereocenters. The Morgan fingerprint density at radius 1 is 1.22 bits per heavy atom. The number of nitrogens with one attached hydrogen (secondary N) is 2. The zero-order valence-corrected chi connectivity index (χ0v) is 15.6. The number of guanidine groups is 1. The lowest BCUT2D eigenvalue weighted by atomic mass is 10.1. The number of rotatable bonds is 6. The van der Waals surface area contributed by atoms with E-state index in [2.05, 4.69) is 21.7 Å². The molecule has 0 aliphatic heterocycles. The van der Waals surface area contributed by atoms with Gasteiger partial charge in [0.25, 0.3) is 0 Å². The van der Waals surface area contributed by atoms with E-state index in [1.807, 2.05) is 32.0 Å². The molecule has 6 heteroatoms. The minimum atomic E-state index is -3.13. The topological polar surface area (TPSA) is 70.6 Å². The van der Waals surface area contributed by atoms with Crippen LogP contribution in [0.4, 0.5) is 0 Å². The summed E-state index contributed by atoms with van der Waals surface area (Å²) in [5, 5.41) is 6.23. The van der Waals surface area contributed by atoms with Gasteiger partial charge in [0, 0.05) is 13.1 Å². The van der Waals surface area contributed by atoms with Crippen LogP contribution in [-0.2, 0) is 16.4 Å². The Morgan fingerprint density at radius 2 is 1.91 bits per heavy atom. The first-order chi connectivity index (χ1) is 10.7. The van der Waals surface area contributed by atoms with E-state index in [0.29, 0.717) is 19.0 Å². The van der Waals surface area contributed by atoms with Crippen LogP contribution in [0.3, 0.4) is 0 Å². The van der Waals surface area contributed by atoms with Gasteiger partial charge >= 0.3 is 0 Å². The Labute approximate surface area is 140 Å². The smallest absolute Gasteiger partial charge is 0.191 e. The monoisotopic (exact) mass is 339 g/mol. The third kappa shape index (κ3) is 6.60. The number of hydrogen-bond donors (Lipinski definition) is 2. The molecule has 5 nitrogen and oxygen atoms in total. The van der Waals surface area contributed by atoms with Gasteiger partial charge in [0.15, 0.2) is 15.8 Å². The lowest BCUT2D eigenvalue weighted by Gasteiger charge is -2.19. The lowest BCUT2D eigenvalue weighted by Crippen LogP contribution is -2.41. The first kappa shape index (κ1) is 19.5. The Kier molecular flexibility index (Phi) is 7.06. The van der Waals surface area contributed by atoms with Crippen molar-refractivity contribution in [1.82, 2.24) is 10.6 Å². The third-order valence-electron chi connectivity index (χ3n) is 3.44.